The molecule has 2 atom stereocenters. The van der Waals surface area contributed by atoms with Gasteiger partial charge in [-0.3, -0.25) is 4.79 Å². The van der Waals surface area contributed by atoms with E-state index in [0.717, 1.165) is 5.56 Å². The van der Waals surface area contributed by atoms with Gasteiger partial charge in [-0.05, 0) is 12.0 Å². The molecule has 0 spiro atoms. The predicted octanol–water partition coefficient (Wildman–Crippen LogP) is 2.21. The van der Waals surface area contributed by atoms with Crippen LogP contribution in [-0.4, -0.2) is 40.6 Å². The van der Waals surface area contributed by atoms with Crippen LogP contribution in [0.2, 0.25) is 0 Å². The molecule has 1 aliphatic rings. The molecule has 2 unspecified atom stereocenters. The first kappa shape index (κ1) is 14.5. The number of carbonyl (C=O) groups excluding carboxylic acids is 1. The number of carboxylic acid groups (broad SMARTS) is 1. The number of nitrogens with zero attached hydrogens (tertiary/aromatic N) is 1. The monoisotopic (exact) mass is 279 g/mol. The van der Waals surface area contributed by atoms with Crippen molar-refractivity contribution >= 4 is 11.9 Å². The van der Waals surface area contributed by atoms with E-state index in [0.29, 0.717) is 6.42 Å². The molecule has 1 N–H and O–H groups in total. The minimum Gasteiger partial charge on any atom is -0.479 e. The van der Waals surface area contributed by atoms with Gasteiger partial charge in [-0.15, -0.1) is 0 Å². The van der Waals surface area contributed by atoms with Gasteiger partial charge < -0.3 is 10.0 Å². The molecule has 2 rings (SSSR count). The van der Waals surface area contributed by atoms with E-state index in [9.17, 15) is 14.0 Å². The van der Waals surface area contributed by atoms with Crippen molar-refractivity contribution in [1.82, 2.24) is 4.90 Å². The number of halogens is 1. The molecule has 1 aromatic rings. The summed E-state index contributed by atoms with van der Waals surface area (Å²) in [5, 5.41) is 8.87. The summed E-state index contributed by atoms with van der Waals surface area (Å²) in [4.78, 5) is 24.7. The van der Waals surface area contributed by atoms with Crippen LogP contribution in [0.1, 0.15) is 31.2 Å². The van der Waals surface area contributed by atoms with E-state index in [1.165, 1.54) is 4.90 Å². The first-order valence-electron chi connectivity index (χ1n) is 6.74. The zero-order valence-electron chi connectivity index (χ0n) is 11.4. The van der Waals surface area contributed by atoms with Crippen LogP contribution in [0, 0.1) is 0 Å². The summed E-state index contributed by atoms with van der Waals surface area (Å²) >= 11 is 0. The summed E-state index contributed by atoms with van der Waals surface area (Å²) in [5.41, 5.74) is -1.42. The molecule has 1 aliphatic heterocycles. The number of carboxylic acids is 1. The van der Waals surface area contributed by atoms with E-state index >= 15 is 0 Å². The fourth-order valence-corrected chi connectivity index (χ4v) is 2.59. The Hall–Kier alpha value is -1.91. The van der Waals surface area contributed by atoms with E-state index in [-0.39, 0.29) is 31.3 Å². The highest BCUT2D eigenvalue weighted by Crippen LogP contribution is 2.30. The van der Waals surface area contributed by atoms with Crippen LogP contribution in [-0.2, 0) is 9.59 Å². The molecule has 0 bridgehead atoms. The van der Waals surface area contributed by atoms with Crippen LogP contribution in [0.5, 0.6) is 0 Å². The number of carbonyl (C=O) groups is 2. The van der Waals surface area contributed by atoms with Crippen molar-refractivity contribution in [3.8, 4) is 0 Å². The van der Waals surface area contributed by atoms with Crippen molar-refractivity contribution in [2.45, 2.75) is 31.4 Å². The molecule has 1 saturated heterocycles. The number of aliphatic carboxylic acids is 1. The van der Waals surface area contributed by atoms with Gasteiger partial charge in [0.15, 0.2) is 0 Å². The molecule has 0 saturated carbocycles. The molecular weight excluding hydrogens is 261 g/mol. The summed E-state index contributed by atoms with van der Waals surface area (Å²) in [7, 11) is 0. The van der Waals surface area contributed by atoms with Crippen molar-refractivity contribution in [2.75, 3.05) is 13.1 Å². The molecule has 1 heterocycles. The van der Waals surface area contributed by atoms with Gasteiger partial charge in [-0.1, -0.05) is 37.3 Å². The van der Waals surface area contributed by atoms with Crippen molar-refractivity contribution in [1.29, 1.82) is 0 Å². The van der Waals surface area contributed by atoms with Crippen LogP contribution >= 0.6 is 0 Å². The Bertz CT molecular complexity index is 505. The maximum atomic E-state index is 14.0. The standard InChI is InChI=1S/C15H18FNO3/c1-2-12(11-6-4-3-5-7-11)13(18)17-9-8-15(16,10-17)14(19)20/h3-7,12H,2,8-10H2,1H3,(H,19,20). The zero-order chi connectivity index (χ0) is 14.8. The lowest BCUT2D eigenvalue weighted by Crippen LogP contribution is -2.40. The summed E-state index contributed by atoms with van der Waals surface area (Å²) < 4.78 is 14.0. The van der Waals surface area contributed by atoms with Crippen molar-refractivity contribution < 1.29 is 19.1 Å². The normalized spacial score (nSPS) is 23.6. The first-order chi connectivity index (χ1) is 9.48. The largest absolute Gasteiger partial charge is 0.479 e. The lowest BCUT2D eigenvalue weighted by molar-refractivity contribution is -0.150. The SMILES string of the molecule is CCC(C(=O)N1CCC(F)(C(=O)O)C1)c1ccccc1. The average molecular weight is 279 g/mol. The van der Waals surface area contributed by atoms with Crippen LogP contribution in [0.3, 0.4) is 0 Å². The van der Waals surface area contributed by atoms with Crippen molar-refractivity contribution in [3.63, 3.8) is 0 Å². The van der Waals surface area contributed by atoms with E-state index < -0.39 is 11.6 Å². The van der Waals surface area contributed by atoms with Crippen LogP contribution in [0.4, 0.5) is 4.39 Å². The fraction of sp³-hybridized carbons (Fsp3) is 0.467. The molecule has 0 aromatic heterocycles. The van der Waals surface area contributed by atoms with Gasteiger partial charge in [0, 0.05) is 13.0 Å². The van der Waals surface area contributed by atoms with Gasteiger partial charge in [0.25, 0.3) is 0 Å². The summed E-state index contributed by atoms with van der Waals surface area (Å²) in [6.45, 7) is 1.70. The van der Waals surface area contributed by atoms with E-state index in [1.54, 1.807) is 0 Å². The predicted molar refractivity (Wildman–Crippen MR) is 72.1 cm³/mol. The third-order valence-corrected chi connectivity index (χ3v) is 3.82. The number of benzene rings is 1. The molecule has 1 amide bonds. The molecule has 0 radical (unpaired) electrons. The van der Waals surface area contributed by atoms with Gasteiger partial charge in [0.1, 0.15) is 0 Å². The highest BCUT2D eigenvalue weighted by molar-refractivity contribution is 5.86. The number of likely N-dealkylation sites (tertiary alicyclic amines) is 1. The Morgan fingerprint density at radius 3 is 2.55 bits per heavy atom. The molecule has 1 aromatic carbocycles. The maximum absolute atomic E-state index is 14.0. The lowest BCUT2D eigenvalue weighted by Gasteiger charge is -2.23. The summed E-state index contributed by atoms with van der Waals surface area (Å²) in [5.74, 6) is -2.02. The Kier molecular flexibility index (Phi) is 4.06. The number of rotatable bonds is 4. The molecule has 1 fully saturated rings. The van der Waals surface area contributed by atoms with E-state index in [2.05, 4.69) is 0 Å². The number of hydrogen-bond donors (Lipinski definition) is 1. The van der Waals surface area contributed by atoms with Gasteiger partial charge in [-0.25, -0.2) is 9.18 Å². The maximum Gasteiger partial charge on any atom is 0.343 e. The average Bonchev–Trinajstić information content (AvgIpc) is 2.85. The number of hydrogen-bond acceptors (Lipinski definition) is 2. The second-order valence-electron chi connectivity index (χ2n) is 5.15. The smallest absolute Gasteiger partial charge is 0.343 e. The van der Waals surface area contributed by atoms with Crippen molar-refractivity contribution in [3.05, 3.63) is 35.9 Å². The Labute approximate surface area is 117 Å². The van der Waals surface area contributed by atoms with Gasteiger partial charge >= 0.3 is 5.97 Å². The molecular formula is C15H18FNO3. The Balaban J connectivity index is 2.13. The highest BCUT2D eigenvalue weighted by Gasteiger charge is 2.47. The van der Waals surface area contributed by atoms with Crippen LogP contribution in [0.25, 0.3) is 0 Å². The lowest BCUT2D eigenvalue weighted by atomic mass is 9.95. The third kappa shape index (κ3) is 2.66. The third-order valence-electron chi connectivity index (χ3n) is 3.82. The summed E-state index contributed by atoms with van der Waals surface area (Å²) in [6.07, 6.45) is 0.463. The minimum absolute atomic E-state index is 0.140. The number of alkyl halides is 1. The second kappa shape index (κ2) is 5.61. The van der Waals surface area contributed by atoms with Crippen LogP contribution in [0.15, 0.2) is 30.3 Å². The van der Waals surface area contributed by atoms with Gasteiger partial charge in [0.05, 0.1) is 12.5 Å². The van der Waals surface area contributed by atoms with E-state index in [4.69, 9.17) is 5.11 Å². The zero-order valence-corrected chi connectivity index (χ0v) is 11.4. The quantitative estimate of drug-likeness (QED) is 0.919. The Morgan fingerprint density at radius 1 is 1.40 bits per heavy atom. The molecule has 5 heteroatoms. The first-order valence-corrected chi connectivity index (χ1v) is 6.74. The van der Waals surface area contributed by atoms with Crippen molar-refractivity contribution in [2.24, 2.45) is 0 Å². The second-order valence-corrected chi connectivity index (χ2v) is 5.15. The molecule has 0 aliphatic carbocycles. The van der Waals surface area contributed by atoms with Gasteiger partial charge in [0.2, 0.25) is 11.6 Å². The molecule has 4 nitrogen and oxygen atoms in total. The highest BCUT2D eigenvalue weighted by atomic mass is 19.1. The minimum atomic E-state index is -2.30. The number of amides is 1. The van der Waals surface area contributed by atoms with E-state index in [1.807, 2.05) is 37.3 Å². The Morgan fingerprint density at radius 2 is 2.05 bits per heavy atom. The van der Waals surface area contributed by atoms with Gasteiger partial charge in [-0.2, -0.15) is 0 Å². The molecule has 108 valence electrons. The van der Waals surface area contributed by atoms with Crippen LogP contribution < -0.4 is 0 Å². The fourth-order valence-electron chi connectivity index (χ4n) is 2.59. The summed E-state index contributed by atoms with van der Waals surface area (Å²) in [6, 6.07) is 9.30. The molecule has 20 heavy (non-hydrogen) atoms. The topological polar surface area (TPSA) is 57.6 Å².